The van der Waals surface area contributed by atoms with Gasteiger partial charge in [-0.15, -0.1) is 0 Å². The second-order valence-corrected chi connectivity index (χ2v) is 4.77. The zero-order valence-corrected chi connectivity index (χ0v) is 8.94. The lowest BCUT2D eigenvalue weighted by Crippen LogP contribution is -2.41. The van der Waals surface area contributed by atoms with Crippen molar-refractivity contribution in [1.82, 2.24) is 15.1 Å². The summed E-state index contributed by atoms with van der Waals surface area (Å²) < 4.78 is 1.95. The third kappa shape index (κ3) is 1.37. The highest BCUT2D eigenvalue weighted by Gasteiger charge is 2.43. The van der Waals surface area contributed by atoms with Crippen molar-refractivity contribution in [2.75, 3.05) is 18.4 Å². The zero-order chi connectivity index (χ0) is 11.2. The van der Waals surface area contributed by atoms with Crippen LogP contribution in [0.2, 0.25) is 0 Å². The molecule has 0 saturated carbocycles. The van der Waals surface area contributed by atoms with E-state index in [2.05, 4.69) is 15.7 Å². The maximum absolute atomic E-state index is 11.1. The van der Waals surface area contributed by atoms with Gasteiger partial charge in [0.1, 0.15) is 5.82 Å². The van der Waals surface area contributed by atoms with Crippen molar-refractivity contribution < 1.29 is 4.79 Å². The van der Waals surface area contributed by atoms with Gasteiger partial charge in [-0.1, -0.05) is 0 Å². The molecule has 0 aromatic carbocycles. The van der Waals surface area contributed by atoms with Gasteiger partial charge >= 0.3 is 0 Å². The lowest BCUT2D eigenvalue weighted by Gasteiger charge is -2.34. The first-order valence-corrected chi connectivity index (χ1v) is 5.47. The smallest absolute Gasteiger partial charge is 0.234 e. The van der Waals surface area contributed by atoms with Gasteiger partial charge in [0.2, 0.25) is 5.91 Å². The summed E-state index contributed by atoms with van der Waals surface area (Å²) in [6.45, 7) is 2.53. The van der Waals surface area contributed by atoms with Gasteiger partial charge < -0.3 is 16.4 Å². The van der Waals surface area contributed by atoms with Gasteiger partial charge in [-0.3, -0.25) is 4.79 Å². The molecule has 2 aliphatic rings. The number of carbonyl (C=O) groups excluding carboxylic acids is 1. The molecule has 1 amide bonds. The number of anilines is 1. The van der Waals surface area contributed by atoms with E-state index in [9.17, 15) is 4.79 Å². The minimum Gasteiger partial charge on any atom is -0.370 e. The summed E-state index contributed by atoms with van der Waals surface area (Å²) in [4.78, 5) is 11.1. The zero-order valence-electron chi connectivity index (χ0n) is 8.94. The Hall–Kier alpha value is -1.56. The van der Waals surface area contributed by atoms with Crippen LogP contribution >= 0.6 is 0 Å². The van der Waals surface area contributed by atoms with Gasteiger partial charge in [0.25, 0.3) is 0 Å². The predicted octanol–water partition coefficient (Wildman–Crippen LogP) is -0.858. The van der Waals surface area contributed by atoms with E-state index in [1.54, 1.807) is 6.20 Å². The number of aromatic nitrogens is 2. The van der Waals surface area contributed by atoms with Crippen molar-refractivity contribution in [1.29, 1.82) is 0 Å². The third-order valence-corrected chi connectivity index (χ3v) is 3.55. The van der Waals surface area contributed by atoms with Crippen LogP contribution in [0.3, 0.4) is 0 Å². The Morgan fingerprint density at radius 2 is 2.50 bits per heavy atom. The number of nitrogens with two attached hydrogens (primary N) is 1. The van der Waals surface area contributed by atoms with Crippen LogP contribution in [0.5, 0.6) is 0 Å². The molecule has 2 atom stereocenters. The number of nitrogens with zero attached hydrogens (tertiary/aromatic N) is 2. The van der Waals surface area contributed by atoms with E-state index >= 15 is 0 Å². The molecule has 6 nitrogen and oxygen atoms in total. The second kappa shape index (κ2) is 3.21. The van der Waals surface area contributed by atoms with Crippen LogP contribution in [0, 0.1) is 5.41 Å². The van der Waals surface area contributed by atoms with E-state index in [0.29, 0.717) is 0 Å². The highest BCUT2D eigenvalue weighted by molar-refractivity contribution is 5.80. The first kappa shape index (κ1) is 9.65. The molecule has 1 aromatic heterocycles. The largest absolute Gasteiger partial charge is 0.370 e. The highest BCUT2D eigenvalue weighted by atomic mass is 16.1. The molecule has 1 fully saturated rings. The topological polar surface area (TPSA) is 85.0 Å². The molecule has 2 unspecified atom stereocenters. The van der Waals surface area contributed by atoms with Crippen molar-refractivity contribution in [2.45, 2.75) is 19.0 Å². The normalized spacial score (nSPS) is 32.4. The molecule has 1 saturated heterocycles. The summed E-state index contributed by atoms with van der Waals surface area (Å²) >= 11 is 0. The fourth-order valence-corrected chi connectivity index (χ4v) is 2.63. The van der Waals surface area contributed by atoms with Gasteiger partial charge in [0.15, 0.2) is 0 Å². The number of primary amides is 1. The van der Waals surface area contributed by atoms with Crippen LogP contribution in [0.15, 0.2) is 12.3 Å². The first-order valence-electron chi connectivity index (χ1n) is 5.47. The van der Waals surface area contributed by atoms with Crippen LogP contribution in [0.1, 0.15) is 6.42 Å². The van der Waals surface area contributed by atoms with Crippen molar-refractivity contribution in [2.24, 2.45) is 11.1 Å². The van der Waals surface area contributed by atoms with Gasteiger partial charge in [-0.05, 0) is 6.42 Å². The Morgan fingerprint density at radius 1 is 1.62 bits per heavy atom. The monoisotopic (exact) mass is 221 g/mol. The van der Waals surface area contributed by atoms with E-state index < -0.39 is 0 Å². The van der Waals surface area contributed by atoms with E-state index in [1.165, 1.54) is 0 Å². The van der Waals surface area contributed by atoms with E-state index in [0.717, 1.165) is 31.9 Å². The summed E-state index contributed by atoms with van der Waals surface area (Å²) in [6, 6.07) is 1.76. The number of rotatable bonds is 1. The molecule has 86 valence electrons. The minimum atomic E-state index is -0.261. The lowest BCUT2D eigenvalue weighted by molar-refractivity contribution is -0.119. The van der Waals surface area contributed by atoms with Crippen molar-refractivity contribution in [3.8, 4) is 0 Å². The molecule has 0 radical (unpaired) electrons. The molecule has 3 heterocycles. The van der Waals surface area contributed by atoms with E-state index in [1.807, 2.05) is 10.7 Å². The summed E-state index contributed by atoms with van der Waals surface area (Å²) in [5.74, 6) is 0.788. The fourth-order valence-electron chi connectivity index (χ4n) is 2.63. The average Bonchev–Trinajstić information content (AvgIpc) is 2.85. The summed E-state index contributed by atoms with van der Waals surface area (Å²) in [6.07, 6.45) is 2.57. The Kier molecular flexibility index (Phi) is 1.94. The van der Waals surface area contributed by atoms with Crippen LogP contribution in [-0.4, -0.2) is 34.8 Å². The Bertz CT molecular complexity index is 429. The van der Waals surface area contributed by atoms with Crippen LogP contribution < -0.4 is 16.4 Å². The van der Waals surface area contributed by atoms with Gasteiger partial charge in [-0.2, -0.15) is 5.10 Å². The van der Waals surface area contributed by atoms with E-state index in [-0.39, 0.29) is 17.4 Å². The maximum atomic E-state index is 11.1. The molecule has 16 heavy (non-hydrogen) atoms. The van der Waals surface area contributed by atoms with Gasteiger partial charge in [0.05, 0.1) is 18.8 Å². The molecule has 6 heteroatoms. The highest BCUT2D eigenvalue weighted by Crippen LogP contribution is 2.34. The van der Waals surface area contributed by atoms with Crippen LogP contribution in [0.4, 0.5) is 5.82 Å². The van der Waals surface area contributed by atoms with Crippen LogP contribution in [0.25, 0.3) is 0 Å². The fraction of sp³-hybridized carbons (Fsp3) is 0.600. The van der Waals surface area contributed by atoms with Crippen molar-refractivity contribution in [3.05, 3.63) is 12.3 Å². The molecular formula is C10H15N5O. The minimum absolute atomic E-state index is 0.0682. The Balaban J connectivity index is 1.81. The third-order valence-electron chi connectivity index (χ3n) is 3.55. The lowest BCUT2D eigenvalue weighted by atomic mass is 9.84. The molecule has 3 rings (SSSR count). The SMILES string of the molecule is NC(=O)C1CC2(CNc3ccnn3C2)CN1. The molecule has 2 aliphatic heterocycles. The van der Waals surface area contributed by atoms with Gasteiger partial charge in [0, 0.05) is 24.6 Å². The molecule has 1 spiro atoms. The van der Waals surface area contributed by atoms with E-state index in [4.69, 9.17) is 5.73 Å². The molecular weight excluding hydrogens is 206 g/mol. The summed E-state index contributed by atoms with van der Waals surface area (Å²) in [7, 11) is 0. The van der Waals surface area contributed by atoms with Crippen molar-refractivity contribution >= 4 is 11.7 Å². The second-order valence-electron chi connectivity index (χ2n) is 4.77. The number of fused-ring (bicyclic) bond motifs is 1. The quantitative estimate of drug-likeness (QED) is 0.576. The summed E-state index contributed by atoms with van der Waals surface area (Å²) in [5, 5.41) is 10.8. The predicted molar refractivity (Wildman–Crippen MR) is 58.8 cm³/mol. The summed E-state index contributed by atoms with van der Waals surface area (Å²) in [5.41, 5.74) is 5.39. The van der Waals surface area contributed by atoms with Crippen LogP contribution in [-0.2, 0) is 11.3 Å². The number of nitrogens with one attached hydrogen (secondary N) is 2. The molecule has 0 bridgehead atoms. The molecule has 4 N–H and O–H groups in total. The maximum Gasteiger partial charge on any atom is 0.234 e. The Morgan fingerprint density at radius 3 is 3.25 bits per heavy atom. The number of carbonyl (C=O) groups is 1. The first-order chi connectivity index (χ1) is 7.69. The van der Waals surface area contributed by atoms with Gasteiger partial charge in [-0.25, -0.2) is 4.68 Å². The average molecular weight is 221 g/mol. The molecule has 1 aromatic rings. The Labute approximate surface area is 93.2 Å². The standard InChI is InChI=1S/C10H15N5O/c11-9(16)7-3-10(4-12-7)5-13-8-1-2-14-15(8)6-10/h1-2,7,12-13H,3-6H2,(H2,11,16). The number of amides is 1. The molecule has 0 aliphatic carbocycles. The number of hydrogen-bond acceptors (Lipinski definition) is 4. The van der Waals surface area contributed by atoms with Crippen molar-refractivity contribution in [3.63, 3.8) is 0 Å². The number of hydrogen-bond donors (Lipinski definition) is 3.